The zero-order valence-electron chi connectivity index (χ0n) is 14.7. The van der Waals surface area contributed by atoms with Crippen LogP contribution in [0.25, 0.3) is 0 Å². The lowest BCUT2D eigenvalue weighted by atomic mass is 10.1. The highest BCUT2D eigenvalue weighted by molar-refractivity contribution is 7.89. The summed E-state index contributed by atoms with van der Waals surface area (Å²) in [6.07, 6.45) is -0.608. The SMILES string of the molecule is COc1cc(C)c(C)cc1S(=O)(=O)NCC(OC)c1cccc(F)c1. The van der Waals surface area contributed by atoms with Crippen molar-refractivity contribution in [2.45, 2.75) is 24.8 Å². The summed E-state index contributed by atoms with van der Waals surface area (Å²) in [4.78, 5) is 0.0622. The van der Waals surface area contributed by atoms with Gasteiger partial charge in [0, 0.05) is 13.7 Å². The van der Waals surface area contributed by atoms with Crippen LogP contribution in [0.15, 0.2) is 41.3 Å². The number of halogens is 1. The molecule has 0 radical (unpaired) electrons. The number of ether oxygens (including phenoxy) is 2. The van der Waals surface area contributed by atoms with E-state index in [9.17, 15) is 12.8 Å². The highest BCUT2D eigenvalue weighted by atomic mass is 32.2. The molecule has 0 saturated carbocycles. The van der Waals surface area contributed by atoms with Crippen molar-refractivity contribution < 1.29 is 22.3 Å². The van der Waals surface area contributed by atoms with Gasteiger partial charge in [0.1, 0.15) is 16.5 Å². The van der Waals surface area contributed by atoms with E-state index in [1.54, 1.807) is 24.3 Å². The van der Waals surface area contributed by atoms with E-state index in [2.05, 4.69) is 4.72 Å². The summed E-state index contributed by atoms with van der Waals surface area (Å²) in [5.74, 6) is -0.131. The molecule has 0 aromatic heterocycles. The molecule has 0 aliphatic heterocycles. The second-order valence-electron chi connectivity index (χ2n) is 5.72. The molecule has 0 aliphatic carbocycles. The molecule has 1 N–H and O–H groups in total. The third-order valence-corrected chi connectivity index (χ3v) is 5.48. The maximum Gasteiger partial charge on any atom is 0.244 e. The highest BCUT2D eigenvalue weighted by Crippen LogP contribution is 2.27. The van der Waals surface area contributed by atoms with E-state index in [1.807, 2.05) is 13.8 Å². The van der Waals surface area contributed by atoms with E-state index in [0.717, 1.165) is 11.1 Å². The van der Waals surface area contributed by atoms with Gasteiger partial charge in [-0.15, -0.1) is 0 Å². The fourth-order valence-electron chi connectivity index (χ4n) is 2.44. The molecule has 25 heavy (non-hydrogen) atoms. The molecule has 0 heterocycles. The summed E-state index contributed by atoms with van der Waals surface area (Å²) < 4.78 is 51.7. The van der Waals surface area contributed by atoms with Gasteiger partial charge in [0.15, 0.2) is 0 Å². The number of rotatable bonds is 7. The van der Waals surface area contributed by atoms with Crippen LogP contribution >= 0.6 is 0 Å². The van der Waals surface area contributed by atoms with Gasteiger partial charge in [0.05, 0.1) is 13.2 Å². The van der Waals surface area contributed by atoms with Crippen molar-refractivity contribution in [2.24, 2.45) is 0 Å². The van der Waals surface area contributed by atoms with Gasteiger partial charge in [-0.1, -0.05) is 12.1 Å². The van der Waals surface area contributed by atoms with Crippen molar-refractivity contribution in [1.29, 1.82) is 0 Å². The van der Waals surface area contributed by atoms with Gasteiger partial charge < -0.3 is 9.47 Å². The fraction of sp³-hybridized carbons (Fsp3) is 0.333. The molecule has 5 nitrogen and oxygen atoms in total. The first-order valence-corrected chi connectivity index (χ1v) is 9.20. The Hall–Kier alpha value is -1.96. The number of benzene rings is 2. The number of aryl methyl sites for hydroxylation is 2. The lowest BCUT2D eigenvalue weighted by molar-refractivity contribution is 0.107. The maximum absolute atomic E-state index is 13.4. The second kappa shape index (κ2) is 7.95. The fourth-order valence-corrected chi connectivity index (χ4v) is 3.71. The van der Waals surface area contributed by atoms with Gasteiger partial charge >= 0.3 is 0 Å². The molecule has 1 atom stereocenters. The zero-order chi connectivity index (χ0) is 18.6. The van der Waals surface area contributed by atoms with E-state index in [4.69, 9.17) is 9.47 Å². The molecule has 0 fully saturated rings. The molecular formula is C18H22FNO4S. The molecule has 2 aromatic rings. The Labute approximate surface area is 147 Å². The van der Waals surface area contributed by atoms with Crippen molar-refractivity contribution in [2.75, 3.05) is 20.8 Å². The van der Waals surface area contributed by atoms with Gasteiger partial charge in [-0.2, -0.15) is 0 Å². The molecule has 7 heteroatoms. The lowest BCUT2D eigenvalue weighted by Crippen LogP contribution is -2.29. The van der Waals surface area contributed by atoms with E-state index in [0.29, 0.717) is 5.56 Å². The number of methoxy groups -OCH3 is 2. The molecule has 0 saturated heterocycles. The lowest BCUT2D eigenvalue weighted by Gasteiger charge is -2.18. The van der Waals surface area contributed by atoms with Crippen molar-refractivity contribution >= 4 is 10.0 Å². The monoisotopic (exact) mass is 367 g/mol. The smallest absolute Gasteiger partial charge is 0.244 e. The molecule has 2 aromatic carbocycles. The quantitative estimate of drug-likeness (QED) is 0.817. The highest BCUT2D eigenvalue weighted by Gasteiger charge is 2.22. The van der Waals surface area contributed by atoms with Crippen molar-refractivity contribution in [3.8, 4) is 5.75 Å². The van der Waals surface area contributed by atoms with Gasteiger partial charge in [-0.25, -0.2) is 17.5 Å². The minimum absolute atomic E-state index is 0.0294. The van der Waals surface area contributed by atoms with Gasteiger partial charge in [-0.3, -0.25) is 0 Å². The Morgan fingerprint density at radius 2 is 1.80 bits per heavy atom. The predicted molar refractivity (Wildman–Crippen MR) is 93.8 cm³/mol. The molecule has 0 aliphatic rings. The summed E-state index contributed by atoms with van der Waals surface area (Å²) in [5.41, 5.74) is 2.33. The topological polar surface area (TPSA) is 64.6 Å². The third-order valence-electron chi connectivity index (χ3n) is 4.03. The van der Waals surface area contributed by atoms with Crippen molar-refractivity contribution in [3.05, 3.63) is 58.9 Å². The maximum atomic E-state index is 13.4. The van der Waals surface area contributed by atoms with Gasteiger partial charge in [0.2, 0.25) is 10.0 Å². The Kier molecular flexibility index (Phi) is 6.16. The summed E-state index contributed by atoms with van der Waals surface area (Å²) >= 11 is 0. The normalized spacial score (nSPS) is 12.8. The largest absolute Gasteiger partial charge is 0.495 e. The first-order valence-electron chi connectivity index (χ1n) is 7.71. The number of nitrogens with one attached hydrogen (secondary N) is 1. The Balaban J connectivity index is 2.25. The summed E-state index contributed by atoms with van der Waals surface area (Å²) in [6, 6.07) is 9.13. The minimum atomic E-state index is -3.81. The summed E-state index contributed by atoms with van der Waals surface area (Å²) in [6.45, 7) is 3.68. The van der Waals surface area contributed by atoms with E-state index in [1.165, 1.54) is 26.4 Å². The van der Waals surface area contributed by atoms with Crippen LogP contribution in [0, 0.1) is 19.7 Å². The zero-order valence-corrected chi connectivity index (χ0v) is 15.5. The van der Waals surface area contributed by atoms with E-state index < -0.39 is 21.9 Å². The first kappa shape index (κ1) is 19.4. The van der Waals surface area contributed by atoms with Gasteiger partial charge in [0.25, 0.3) is 0 Å². The summed E-state index contributed by atoms with van der Waals surface area (Å²) in [5, 5.41) is 0. The Bertz CT molecular complexity index is 852. The number of hydrogen-bond donors (Lipinski definition) is 1. The van der Waals surface area contributed by atoms with Crippen LogP contribution in [0.4, 0.5) is 4.39 Å². The Morgan fingerprint density at radius 3 is 2.40 bits per heavy atom. The summed E-state index contributed by atoms with van der Waals surface area (Å²) in [7, 11) is -0.945. The molecule has 2 rings (SSSR count). The molecule has 0 bridgehead atoms. The van der Waals surface area contributed by atoms with Crippen LogP contribution in [0.5, 0.6) is 5.75 Å². The van der Waals surface area contributed by atoms with Gasteiger partial charge in [-0.05, 0) is 54.8 Å². The second-order valence-corrected chi connectivity index (χ2v) is 7.45. The molecule has 136 valence electrons. The minimum Gasteiger partial charge on any atom is -0.495 e. The molecule has 0 amide bonds. The van der Waals surface area contributed by atoms with Crippen LogP contribution in [0.2, 0.25) is 0 Å². The van der Waals surface area contributed by atoms with E-state index >= 15 is 0 Å². The molecular weight excluding hydrogens is 345 g/mol. The average molecular weight is 367 g/mol. The van der Waals surface area contributed by atoms with Crippen LogP contribution in [-0.4, -0.2) is 29.2 Å². The molecule has 1 unspecified atom stereocenters. The van der Waals surface area contributed by atoms with Crippen LogP contribution in [-0.2, 0) is 14.8 Å². The Morgan fingerprint density at radius 1 is 1.12 bits per heavy atom. The number of hydrogen-bond acceptors (Lipinski definition) is 4. The van der Waals surface area contributed by atoms with Crippen molar-refractivity contribution in [1.82, 2.24) is 4.72 Å². The first-order chi connectivity index (χ1) is 11.8. The predicted octanol–water partition coefficient (Wildman–Crippen LogP) is 3.12. The van der Waals surface area contributed by atoms with Crippen LogP contribution in [0.3, 0.4) is 0 Å². The average Bonchev–Trinajstić information content (AvgIpc) is 2.57. The van der Waals surface area contributed by atoms with Crippen LogP contribution < -0.4 is 9.46 Å². The molecule has 0 spiro atoms. The standard InChI is InChI=1S/C18H22FNO4S/c1-12-8-16(23-3)18(9-13(12)2)25(21,22)20-11-17(24-4)14-6-5-7-15(19)10-14/h5-10,17,20H,11H2,1-4H3. The third kappa shape index (κ3) is 4.56. The van der Waals surface area contributed by atoms with E-state index in [-0.39, 0.29) is 17.2 Å². The number of sulfonamides is 1. The van der Waals surface area contributed by atoms with Crippen LogP contribution in [0.1, 0.15) is 22.8 Å². The van der Waals surface area contributed by atoms with Crippen molar-refractivity contribution in [3.63, 3.8) is 0 Å².